The van der Waals surface area contributed by atoms with Crippen LogP contribution in [0.15, 0.2) is 18.2 Å². The van der Waals surface area contributed by atoms with Crippen molar-refractivity contribution in [1.29, 1.82) is 0 Å². The number of nitrogens with one attached hydrogen (secondary N) is 1. The SMILES string of the molecule is CC(C)CCCC(C)NC(=O)COc1ccc(Cl)cc1[N+](=O)[O-]. The predicted octanol–water partition coefficient (Wildman–Crippen LogP) is 3.96. The Morgan fingerprint density at radius 2 is 2.04 bits per heavy atom. The third kappa shape index (κ3) is 7.32. The van der Waals surface area contributed by atoms with Crippen LogP contribution in [-0.4, -0.2) is 23.5 Å². The van der Waals surface area contributed by atoms with Crippen molar-refractivity contribution < 1.29 is 14.5 Å². The Balaban J connectivity index is 2.46. The van der Waals surface area contributed by atoms with Crippen LogP contribution in [-0.2, 0) is 4.79 Å². The molecule has 0 saturated carbocycles. The summed E-state index contributed by atoms with van der Waals surface area (Å²) in [5.41, 5.74) is -0.254. The molecular formula is C16H23ClN2O4. The summed E-state index contributed by atoms with van der Waals surface area (Å²) in [6.45, 7) is 5.99. The van der Waals surface area contributed by atoms with Gasteiger partial charge in [-0.3, -0.25) is 14.9 Å². The summed E-state index contributed by atoms with van der Waals surface area (Å²) in [7, 11) is 0. The first-order valence-corrected chi connectivity index (χ1v) is 8.03. The van der Waals surface area contributed by atoms with Crippen molar-refractivity contribution in [2.45, 2.75) is 46.1 Å². The van der Waals surface area contributed by atoms with Crippen molar-refractivity contribution in [2.24, 2.45) is 5.92 Å². The number of benzene rings is 1. The second kappa shape index (κ2) is 9.35. The number of halogens is 1. The second-order valence-electron chi connectivity index (χ2n) is 5.95. The number of hydrogen-bond acceptors (Lipinski definition) is 4. The zero-order chi connectivity index (χ0) is 17.4. The first-order valence-electron chi connectivity index (χ1n) is 7.65. The zero-order valence-electron chi connectivity index (χ0n) is 13.7. The zero-order valence-corrected chi connectivity index (χ0v) is 14.4. The lowest BCUT2D eigenvalue weighted by Crippen LogP contribution is -2.36. The normalized spacial score (nSPS) is 12.0. The number of nitro benzene ring substituents is 1. The average Bonchev–Trinajstić information content (AvgIpc) is 2.45. The fourth-order valence-corrected chi connectivity index (χ4v) is 2.29. The lowest BCUT2D eigenvalue weighted by molar-refractivity contribution is -0.385. The Morgan fingerprint density at radius 3 is 2.65 bits per heavy atom. The topological polar surface area (TPSA) is 81.5 Å². The third-order valence-electron chi connectivity index (χ3n) is 3.30. The molecule has 7 heteroatoms. The largest absolute Gasteiger partial charge is 0.477 e. The molecule has 0 spiro atoms. The molecule has 1 atom stereocenters. The van der Waals surface area contributed by atoms with Crippen LogP contribution in [0, 0.1) is 16.0 Å². The molecule has 1 aromatic carbocycles. The van der Waals surface area contributed by atoms with E-state index in [0.29, 0.717) is 5.92 Å². The number of nitro groups is 1. The average molecular weight is 343 g/mol. The van der Waals surface area contributed by atoms with Crippen LogP contribution in [0.25, 0.3) is 0 Å². The Hall–Kier alpha value is -1.82. The molecule has 6 nitrogen and oxygen atoms in total. The highest BCUT2D eigenvalue weighted by atomic mass is 35.5. The van der Waals surface area contributed by atoms with Crippen LogP contribution >= 0.6 is 11.6 Å². The molecule has 0 fully saturated rings. The molecule has 128 valence electrons. The molecule has 1 rings (SSSR count). The van der Waals surface area contributed by atoms with Crippen molar-refractivity contribution in [3.63, 3.8) is 0 Å². The van der Waals surface area contributed by atoms with E-state index in [1.807, 2.05) is 6.92 Å². The molecule has 1 aromatic rings. The highest BCUT2D eigenvalue weighted by Crippen LogP contribution is 2.29. The summed E-state index contributed by atoms with van der Waals surface area (Å²) in [4.78, 5) is 22.2. The maximum Gasteiger partial charge on any atom is 0.312 e. The van der Waals surface area contributed by atoms with Crippen LogP contribution in [0.3, 0.4) is 0 Å². The molecule has 0 aromatic heterocycles. The van der Waals surface area contributed by atoms with E-state index in [4.69, 9.17) is 16.3 Å². The van der Waals surface area contributed by atoms with Gasteiger partial charge in [-0.15, -0.1) is 0 Å². The molecule has 0 aliphatic rings. The quantitative estimate of drug-likeness (QED) is 0.544. The van der Waals surface area contributed by atoms with Gasteiger partial charge in [-0.05, 0) is 31.4 Å². The Bertz CT molecular complexity index is 549. The van der Waals surface area contributed by atoms with Crippen molar-refractivity contribution in [1.82, 2.24) is 5.32 Å². The summed E-state index contributed by atoms with van der Waals surface area (Å²) in [6.07, 6.45) is 3.06. The molecular weight excluding hydrogens is 320 g/mol. The molecule has 1 amide bonds. The molecule has 0 aliphatic carbocycles. The number of ether oxygens (including phenoxy) is 1. The van der Waals surface area contributed by atoms with E-state index in [2.05, 4.69) is 19.2 Å². The minimum Gasteiger partial charge on any atom is -0.477 e. The molecule has 0 radical (unpaired) electrons. The lowest BCUT2D eigenvalue weighted by atomic mass is 10.0. The predicted molar refractivity (Wildman–Crippen MR) is 89.9 cm³/mol. The van der Waals surface area contributed by atoms with Gasteiger partial charge in [0.15, 0.2) is 12.4 Å². The van der Waals surface area contributed by atoms with Gasteiger partial charge in [0.1, 0.15) is 0 Å². The fraction of sp³-hybridized carbons (Fsp3) is 0.562. The van der Waals surface area contributed by atoms with Crippen molar-refractivity contribution in [3.05, 3.63) is 33.3 Å². The summed E-state index contributed by atoms with van der Waals surface area (Å²) in [5, 5.41) is 14.0. The maximum absolute atomic E-state index is 11.8. The summed E-state index contributed by atoms with van der Waals surface area (Å²) >= 11 is 5.72. The Kier molecular flexibility index (Phi) is 7.81. The molecule has 23 heavy (non-hydrogen) atoms. The molecule has 1 N–H and O–H groups in total. The van der Waals surface area contributed by atoms with Crippen LogP contribution in [0.1, 0.15) is 40.0 Å². The number of carbonyl (C=O) groups excluding carboxylic acids is 1. The van der Waals surface area contributed by atoms with Crippen molar-refractivity contribution in [2.75, 3.05) is 6.61 Å². The Morgan fingerprint density at radius 1 is 1.35 bits per heavy atom. The fourth-order valence-electron chi connectivity index (χ4n) is 2.12. The van der Waals surface area contributed by atoms with Gasteiger partial charge in [0.2, 0.25) is 0 Å². The van der Waals surface area contributed by atoms with E-state index >= 15 is 0 Å². The Labute approximate surface area is 141 Å². The van der Waals surface area contributed by atoms with Gasteiger partial charge in [-0.25, -0.2) is 0 Å². The van der Waals surface area contributed by atoms with Gasteiger partial charge in [0.25, 0.3) is 5.91 Å². The highest BCUT2D eigenvalue weighted by Gasteiger charge is 2.17. The van der Waals surface area contributed by atoms with E-state index in [-0.39, 0.29) is 35.0 Å². The lowest BCUT2D eigenvalue weighted by Gasteiger charge is -2.15. The van der Waals surface area contributed by atoms with Gasteiger partial charge in [0, 0.05) is 17.1 Å². The van der Waals surface area contributed by atoms with Crippen LogP contribution in [0.5, 0.6) is 5.75 Å². The van der Waals surface area contributed by atoms with Gasteiger partial charge in [0.05, 0.1) is 4.92 Å². The summed E-state index contributed by atoms with van der Waals surface area (Å²) < 4.78 is 5.25. The van der Waals surface area contributed by atoms with Crippen LogP contribution in [0.2, 0.25) is 5.02 Å². The number of carbonyl (C=O) groups is 1. The highest BCUT2D eigenvalue weighted by molar-refractivity contribution is 6.30. The molecule has 1 unspecified atom stereocenters. The van der Waals surface area contributed by atoms with E-state index in [1.54, 1.807) is 0 Å². The molecule has 0 saturated heterocycles. The van der Waals surface area contributed by atoms with Crippen LogP contribution < -0.4 is 10.1 Å². The van der Waals surface area contributed by atoms with Crippen molar-refractivity contribution in [3.8, 4) is 5.75 Å². The van der Waals surface area contributed by atoms with Gasteiger partial charge >= 0.3 is 5.69 Å². The second-order valence-corrected chi connectivity index (χ2v) is 6.39. The maximum atomic E-state index is 11.8. The van der Waals surface area contributed by atoms with E-state index < -0.39 is 4.92 Å². The number of rotatable bonds is 9. The van der Waals surface area contributed by atoms with Crippen molar-refractivity contribution >= 4 is 23.2 Å². The van der Waals surface area contributed by atoms with Crippen LogP contribution in [0.4, 0.5) is 5.69 Å². The number of amides is 1. The summed E-state index contributed by atoms with van der Waals surface area (Å²) in [5.74, 6) is 0.375. The van der Waals surface area contributed by atoms with Gasteiger partial charge < -0.3 is 10.1 Å². The van der Waals surface area contributed by atoms with E-state index in [1.165, 1.54) is 18.2 Å². The molecule has 0 bridgehead atoms. The first-order chi connectivity index (χ1) is 10.8. The molecule has 0 heterocycles. The summed E-state index contributed by atoms with van der Waals surface area (Å²) in [6, 6.07) is 4.12. The minimum absolute atomic E-state index is 0.0296. The van der Waals surface area contributed by atoms with E-state index in [9.17, 15) is 14.9 Å². The standard InChI is InChI=1S/C16H23ClN2O4/c1-11(2)5-4-6-12(3)18-16(20)10-23-15-8-7-13(17)9-14(15)19(21)22/h7-9,11-12H,4-6,10H2,1-3H3,(H,18,20). The number of nitrogens with zero attached hydrogens (tertiary/aromatic N) is 1. The van der Waals surface area contributed by atoms with E-state index in [0.717, 1.165) is 19.3 Å². The minimum atomic E-state index is -0.590. The van der Waals surface area contributed by atoms with Gasteiger partial charge in [-0.1, -0.05) is 38.3 Å². The third-order valence-corrected chi connectivity index (χ3v) is 3.54. The smallest absolute Gasteiger partial charge is 0.312 e. The molecule has 0 aliphatic heterocycles. The monoisotopic (exact) mass is 342 g/mol. The first kappa shape index (κ1) is 19.2. The van der Waals surface area contributed by atoms with Gasteiger partial charge in [-0.2, -0.15) is 0 Å². The number of hydrogen-bond donors (Lipinski definition) is 1.